The third-order valence-corrected chi connectivity index (χ3v) is 7.76. The van der Waals surface area contributed by atoms with Gasteiger partial charge in [-0.05, 0) is 72.3 Å². The molecule has 0 radical (unpaired) electrons. The Bertz CT molecular complexity index is 1650. The van der Waals surface area contributed by atoms with Crippen LogP contribution >= 0.6 is 11.6 Å². The van der Waals surface area contributed by atoms with E-state index in [0.29, 0.717) is 16.6 Å². The second-order valence-corrected chi connectivity index (χ2v) is 10.8. The van der Waals surface area contributed by atoms with Crippen molar-refractivity contribution in [3.05, 3.63) is 102 Å². The largest absolute Gasteiger partial charge is 0.487 e. The van der Waals surface area contributed by atoms with Crippen LogP contribution in [-0.2, 0) is 13.2 Å². The van der Waals surface area contributed by atoms with Gasteiger partial charge < -0.3 is 19.5 Å². The molecule has 1 aliphatic heterocycles. The second-order valence-electron chi connectivity index (χ2n) is 10.4. The summed E-state index contributed by atoms with van der Waals surface area (Å²) in [6, 6.07) is 20.2. The van der Waals surface area contributed by atoms with Gasteiger partial charge in [0.25, 0.3) is 0 Å². The van der Waals surface area contributed by atoms with Crippen LogP contribution in [-0.4, -0.2) is 64.1 Å². The summed E-state index contributed by atoms with van der Waals surface area (Å²) in [7, 11) is 2.18. The number of benzene rings is 3. The van der Waals surface area contributed by atoms with E-state index in [0.717, 1.165) is 72.5 Å². The number of halogens is 2. The number of fused-ring (bicyclic) bond motifs is 1. The third kappa shape index (κ3) is 6.68. The zero-order valence-electron chi connectivity index (χ0n) is 22.9. The summed E-state index contributed by atoms with van der Waals surface area (Å²) >= 11 is 6.52. The Kier molecular flexibility index (Phi) is 8.14. The highest BCUT2D eigenvalue weighted by atomic mass is 35.5. The van der Waals surface area contributed by atoms with Crippen LogP contribution in [0.1, 0.15) is 5.56 Å². The molecule has 1 N–H and O–H groups in total. The van der Waals surface area contributed by atoms with E-state index in [4.69, 9.17) is 16.3 Å². The average molecular weight is 571 g/mol. The highest BCUT2D eigenvalue weighted by Gasteiger charge is 2.14. The predicted molar refractivity (Wildman–Crippen MR) is 162 cm³/mol. The van der Waals surface area contributed by atoms with Crippen molar-refractivity contribution in [2.24, 2.45) is 0 Å². The Balaban J connectivity index is 1.15. The van der Waals surface area contributed by atoms with E-state index in [2.05, 4.69) is 67.3 Å². The molecule has 1 aliphatic rings. The Morgan fingerprint density at radius 1 is 0.927 bits per heavy atom. The summed E-state index contributed by atoms with van der Waals surface area (Å²) in [6.07, 6.45) is 5.91. The first-order valence-electron chi connectivity index (χ1n) is 13.8. The molecule has 41 heavy (non-hydrogen) atoms. The normalized spacial score (nSPS) is 14.4. The van der Waals surface area contributed by atoms with Crippen molar-refractivity contribution >= 4 is 34.0 Å². The van der Waals surface area contributed by atoms with Crippen molar-refractivity contribution in [3.8, 4) is 16.9 Å². The zero-order chi connectivity index (χ0) is 28.2. The van der Waals surface area contributed by atoms with Crippen molar-refractivity contribution in [3.63, 3.8) is 0 Å². The summed E-state index contributed by atoms with van der Waals surface area (Å²) in [5.74, 6) is 0.917. The fourth-order valence-electron chi connectivity index (χ4n) is 5.03. The van der Waals surface area contributed by atoms with Gasteiger partial charge >= 0.3 is 0 Å². The van der Waals surface area contributed by atoms with Gasteiger partial charge in [-0.25, -0.2) is 14.4 Å². The molecule has 2 aromatic heterocycles. The molecular weight excluding hydrogens is 539 g/mol. The number of likely N-dealkylation sites (N-methyl/N-ethyl adjacent to an activating group) is 1. The quantitative estimate of drug-likeness (QED) is 0.219. The fourth-order valence-corrected chi connectivity index (χ4v) is 5.27. The van der Waals surface area contributed by atoms with E-state index in [1.165, 1.54) is 12.1 Å². The zero-order valence-corrected chi connectivity index (χ0v) is 23.7. The second kappa shape index (κ2) is 12.3. The van der Waals surface area contributed by atoms with Crippen LogP contribution in [0.25, 0.3) is 22.0 Å². The lowest BCUT2D eigenvalue weighted by Gasteiger charge is -2.32. The SMILES string of the molecule is CN1CCN(CCn2ccc(-c3ccc4ncnc(Nc5ccc(OCc6cccc(F)c6)c(Cl)c5)c4c3)c2)CC1. The molecule has 0 spiro atoms. The van der Waals surface area contributed by atoms with Crippen LogP contribution in [0.2, 0.25) is 5.02 Å². The first-order chi connectivity index (χ1) is 20.0. The summed E-state index contributed by atoms with van der Waals surface area (Å²) < 4.78 is 21.5. The lowest BCUT2D eigenvalue weighted by atomic mass is 10.1. The number of hydrogen-bond acceptors (Lipinski definition) is 6. The van der Waals surface area contributed by atoms with Gasteiger partial charge in [0.05, 0.1) is 10.5 Å². The van der Waals surface area contributed by atoms with Crippen molar-refractivity contribution < 1.29 is 9.13 Å². The van der Waals surface area contributed by atoms with E-state index in [1.807, 2.05) is 18.2 Å². The minimum atomic E-state index is -0.296. The van der Waals surface area contributed by atoms with E-state index in [-0.39, 0.29) is 12.4 Å². The van der Waals surface area contributed by atoms with Crippen LogP contribution < -0.4 is 10.1 Å². The summed E-state index contributed by atoms with van der Waals surface area (Å²) in [5.41, 5.74) is 4.61. The molecule has 3 aromatic carbocycles. The molecule has 6 rings (SSSR count). The molecule has 0 unspecified atom stereocenters. The molecule has 3 heterocycles. The molecule has 1 saturated heterocycles. The molecule has 210 valence electrons. The molecule has 0 aliphatic carbocycles. The molecule has 7 nitrogen and oxygen atoms in total. The standard InChI is InChI=1S/C32H32ClFN6O/c1-38-11-13-39(14-12-38)15-16-40-10-9-25(20-40)24-5-7-30-28(18-24)32(36-22-35-30)37-27-6-8-31(29(33)19-27)41-21-23-3-2-4-26(34)17-23/h2-10,17-20,22H,11-16,21H2,1H3,(H,35,36,37). The molecule has 0 amide bonds. The summed E-state index contributed by atoms with van der Waals surface area (Å²) in [4.78, 5) is 13.9. The van der Waals surface area contributed by atoms with E-state index in [1.54, 1.807) is 24.5 Å². The highest BCUT2D eigenvalue weighted by Crippen LogP contribution is 2.32. The third-order valence-electron chi connectivity index (χ3n) is 7.47. The maximum Gasteiger partial charge on any atom is 0.141 e. The number of aromatic nitrogens is 3. The van der Waals surface area contributed by atoms with Crippen LogP contribution in [0, 0.1) is 5.82 Å². The van der Waals surface area contributed by atoms with Gasteiger partial charge in [-0.15, -0.1) is 0 Å². The van der Waals surface area contributed by atoms with Gasteiger partial charge in [0.2, 0.25) is 0 Å². The van der Waals surface area contributed by atoms with Gasteiger partial charge in [-0.3, -0.25) is 4.90 Å². The number of nitrogens with zero attached hydrogens (tertiary/aromatic N) is 5. The van der Waals surface area contributed by atoms with Crippen molar-refractivity contribution in [1.29, 1.82) is 0 Å². The fraction of sp³-hybridized carbons (Fsp3) is 0.250. The Hall–Kier alpha value is -3.98. The maximum absolute atomic E-state index is 13.5. The summed E-state index contributed by atoms with van der Waals surface area (Å²) in [6.45, 7) is 6.76. The number of nitrogens with one attached hydrogen (secondary N) is 1. The highest BCUT2D eigenvalue weighted by molar-refractivity contribution is 6.32. The van der Waals surface area contributed by atoms with Crippen LogP contribution in [0.5, 0.6) is 5.75 Å². The number of rotatable bonds is 9. The van der Waals surface area contributed by atoms with Gasteiger partial charge in [0.1, 0.15) is 30.3 Å². The number of anilines is 2. The average Bonchev–Trinajstić information content (AvgIpc) is 3.46. The topological polar surface area (TPSA) is 58.5 Å². The minimum Gasteiger partial charge on any atom is -0.487 e. The Labute approximate surface area is 244 Å². The summed E-state index contributed by atoms with van der Waals surface area (Å²) in [5, 5.41) is 4.75. The van der Waals surface area contributed by atoms with Gasteiger partial charge in [0.15, 0.2) is 0 Å². The van der Waals surface area contributed by atoms with Gasteiger partial charge in [-0.2, -0.15) is 0 Å². The maximum atomic E-state index is 13.5. The van der Waals surface area contributed by atoms with Crippen LogP contribution in [0.3, 0.4) is 0 Å². The van der Waals surface area contributed by atoms with Crippen LogP contribution in [0.15, 0.2) is 85.5 Å². The Morgan fingerprint density at radius 3 is 2.63 bits per heavy atom. The number of hydrogen-bond donors (Lipinski definition) is 1. The minimum absolute atomic E-state index is 0.223. The molecule has 0 saturated carbocycles. The number of piperazine rings is 1. The smallest absolute Gasteiger partial charge is 0.141 e. The molecular formula is C32H32ClFN6O. The van der Waals surface area contributed by atoms with Crippen molar-refractivity contribution in [2.45, 2.75) is 13.2 Å². The van der Waals surface area contributed by atoms with E-state index in [9.17, 15) is 4.39 Å². The van der Waals surface area contributed by atoms with Crippen molar-refractivity contribution in [2.75, 3.05) is 45.1 Å². The molecule has 0 atom stereocenters. The lowest BCUT2D eigenvalue weighted by molar-refractivity contribution is 0.150. The van der Waals surface area contributed by atoms with Crippen LogP contribution in [0.4, 0.5) is 15.9 Å². The molecule has 0 bridgehead atoms. The Morgan fingerprint density at radius 2 is 1.80 bits per heavy atom. The molecule has 5 aromatic rings. The van der Waals surface area contributed by atoms with Gasteiger partial charge in [0, 0.05) is 62.7 Å². The lowest BCUT2D eigenvalue weighted by Crippen LogP contribution is -2.45. The number of ether oxygens (including phenoxy) is 1. The van der Waals surface area contributed by atoms with E-state index >= 15 is 0 Å². The van der Waals surface area contributed by atoms with Gasteiger partial charge in [-0.1, -0.05) is 29.8 Å². The predicted octanol–water partition coefficient (Wildman–Crippen LogP) is 6.46. The monoisotopic (exact) mass is 570 g/mol. The molecule has 9 heteroatoms. The van der Waals surface area contributed by atoms with Crippen molar-refractivity contribution in [1.82, 2.24) is 24.3 Å². The first-order valence-corrected chi connectivity index (χ1v) is 14.1. The van der Waals surface area contributed by atoms with E-state index < -0.39 is 0 Å². The molecule has 1 fully saturated rings. The first kappa shape index (κ1) is 27.2.